The highest BCUT2D eigenvalue weighted by molar-refractivity contribution is 6.26. The van der Waals surface area contributed by atoms with Gasteiger partial charge >= 0.3 is 5.97 Å². The molecule has 4 nitrogen and oxygen atoms in total. The molecule has 0 fully saturated rings. The Morgan fingerprint density at radius 1 is 1.33 bits per heavy atom. The molecular weight excluding hydrogens is 256 g/mol. The molecular formula is C13H14ClO4. The van der Waals surface area contributed by atoms with Gasteiger partial charge in [-0.2, -0.15) is 0 Å². The maximum Gasteiger partial charge on any atom is 0.321 e. The fraction of sp³-hybridized carbons (Fsp3) is 0.385. The summed E-state index contributed by atoms with van der Waals surface area (Å²) < 4.78 is 10.3. The van der Waals surface area contributed by atoms with E-state index in [9.17, 15) is 9.59 Å². The van der Waals surface area contributed by atoms with E-state index in [0.29, 0.717) is 11.3 Å². The monoisotopic (exact) mass is 269 g/mol. The fourth-order valence-corrected chi connectivity index (χ4v) is 1.38. The number of halogens is 1. The van der Waals surface area contributed by atoms with Gasteiger partial charge in [0.25, 0.3) is 0 Å². The van der Waals surface area contributed by atoms with E-state index in [1.807, 2.05) is 13.8 Å². The van der Waals surface area contributed by atoms with Crippen molar-refractivity contribution in [3.05, 3.63) is 29.8 Å². The third-order valence-corrected chi connectivity index (χ3v) is 2.24. The normalized spacial score (nSPS) is 12.0. The van der Waals surface area contributed by atoms with E-state index in [1.54, 1.807) is 30.6 Å². The summed E-state index contributed by atoms with van der Waals surface area (Å²) in [5, 5.41) is 0. The van der Waals surface area contributed by atoms with Crippen molar-refractivity contribution < 1.29 is 19.1 Å². The van der Waals surface area contributed by atoms with Crippen LogP contribution in [0, 0.1) is 0 Å². The Balaban J connectivity index is 2.75. The van der Waals surface area contributed by atoms with Crippen molar-refractivity contribution in [1.82, 2.24) is 0 Å². The van der Waals surface area contributed by atoms with E-state index >= 15 is 0 Å². The second-order valence-corrected chi connectivity index (χ2v) is 4.12. The number of benzene rings is 1. The molecule has 0 N–H and O–H groups in total. The topological polar surface area (TPSA) is 52.6 Å². The summed E-state index contributed by atoms with van der Waals surface area (Å²) in [5.74, 6) is -0.276. The van der Waals surface area contributed by atoms with Crippen LogP contribution >= 0.6 is 11.6 Å². The van der Waals surface area contributed by atoms with E-state index in [1.165, 1.54) is 0 Å². The van der Waals surface area contributed by atoms with Gasteiger partial charge in [0, 0.05) is 5.56 Å². The summed E-state index contributed by atoms with van der Waals surface area (Å²) in [6.07, 6.45) is 0.668. The molecule has 0 heterocycles. The number of rotatable bonds is 6. The molecule has 97 valence electrons. The zero-order valence-electron chi connectivity index (χ0n) is 10.2. The highest BCUT2D eigenvalue weighted by Crippen LogP contribution is 2.20. The first-order chi connectivity index (χ1) is 8.56. The summed E-state index contributed by atoms with van der Waals surface area (Å²) in [5.41, 5.74) is 0.527. The summed E-state index contributed by atoms with van der Waals surface area (Å²) in [6.45, 7) is 3.83. The minimum Gasteiger partial charge on any atom is -0.491 e. The van der Waals surface area contributed by atoms with Gasteiger partial charge in [-0.3, -0.25) is 9.59 Å². The molecule has 1 rings (SSSR count). The van der Waals surface area contributed by atoms with Crippen molar-refractivity contribution in [2.45, 2.75) is 26.1 Å². The molecule has 18 heavy (non-hydrogen) atoms. The van der Waals surface area contributed by atoms with Gasteiger partial charge < -0.3 is 9.47 Å². The van der Waals surface area contributed by atoms with Crippen molar-refractivity contribution in [2.24, 2.45) is 0 Å². The molecule has 0 spiro atoms. The van der Waals surface area contributed by atoms with E-state index in [-0.39, 0.29) is 12.0 Å². The van der Waals surface area contributed by atoms with Gasteiger partial charge in [0.2, 0.25) is 6.29 Å². The number of alkyl halides is 1. The van der Waals surface area contributed by atoms with Crippen LogP contribution in [0.3, 0.4) is 0 Å². The average molecular weight is 270 g/mol. The number of carbonyl (C=O) groups excluding carboxylic acids is 2. The average Bonchev–Trinajstić information content (AvgIpc) is 2.36. The Kier molecular flexibility index (Phi) is 5.65. The number of esters is 1. The maximum absolute atomic E-state index is 11.0. The largest absolute Gasteiger partial charge is 0.491 e. The van der Waals surface area contributed by atoms with Gasteiger partial charge in [0.15, 0.2) is 6.10 Å². The van der Waals surface area contributed by atoms with Crippen LogP contribution in [0.1, 0.15) is 25.5 Å². The number of hydrogen-bond acceptors (Lipinski definition) is 4. The molecule has 1 aromatic rings. The van der Waals surface area contributed by atoms with Crippen LogP contribution in [0.25, 0.3) is 0 Å². The van der Waals surface area contributed by atoms with Crippen molar-refractivity contribution in [3.63, 3.8) is 0 Å². The lowest BCUT2D eigenvalue weighted by atomic mass is 10.1. The Morgan fingerprint density at radius 2 is 1.94 bits per heavy atom. The molecule has 1 radical (unpaired) electrons. The van der Waals surface area contributed by atoms with Crippen LogP contribution < -0.4 is 4.74 Å². The molecule has 1 atom stereocenters. The Labute approximate surface area is 111 Å². The van der Waals surface area contributed by atoms with Crippen molar-refractivity contribution in [1.29, 1.82) is 0 Å². The lowest BCUT2D eigenvalue weighted by Gasteiger charge is -2.13. The fourth-order valence-electron chi connectivity index (χ4n) is 1.32. The van der Waals surface area contributed by atoms with E-state index in [2.05, 4.69) is 0 Å². The number of ether oxygens (including phenoxy) is 2. The molecule has 5 heteroatoms. The molecule has 0 bridgehead atoms. The van der Waals surface area contributed by atoms with Crippen LogP contribution in [0.4, 0.5) is 0 Å². The molecule has 0 saturated heterocycles. The van der Waals surface area contributed by atoms with E-state index in [4.69, 9.17) is 21.1 Å². The molecule has 0 aliphatic carbocycles. The molecule has 0 aromatic heterocycles. The van der Waals surface area contributed by atoms with Crippen molar-refractivity contribution >= 4 is 23.9 Å². The van der Waals surface area contributed by atoms with Gasteiger partial charge in [-0.15, -0.1) is 11.6 Å². The van der Waals surface area contributed by atoms with Gasteiger partial charge in [-0.25, -0.2) is 0 Å². The first kappa shape index (κ1) is 14.5. The van der Waals surface area contributed by atoms with Crippen LogP contribution in [0.15, 0.2) is 24.3 Å². The highest BCUT2D eigenvalue weighted by Gasteiger charge is 2.16. The van der Waals surface area contributed by atoms with Gasteiger partial charge in [0.1, 0.15) is 11.6 Å². The molecule has 0 saturated carbocycles. The Bertz CT molecular complexity index is 400. The SMILES string of the molecule is CC(C)Oc1ccc(C([C]=O)OC(=O)CCl)cc1. The van der Waals surface area contributed by atoms with Gasteiger partial charge in [0.05, 0.1) is 6.10 Å². The summed E-state index contributed by atoms with van der Waals surface area (Å²) >= 11 is 5.30. The van der Waals surface area contributed by atoms with Gasteiger partial charge in [-0.05, 0) is 26.0 Å². The third kappa shape index (κ3) is 4.37. The zero-order chi connectivity index (χ0) is 13.5. The molecule has 0 aliphatic rings. The number of carbonyl (C=O) groups is 1. The predicted molar refractivity (Wildman–Crippen MR) is 67.5 cm³/mol. The number of hydrogen-bond donors (Lipinski definition) is 0. The molecule has 0 amide bonds. The lowest BCUT2D eigenvalue weighted by molar-refractivity contribution is -0.143. The van der Waals surface area contributed by atoms with Crippen LogP contribution in [-0.4, -0.2) is 24.2 Å². The second kappa shape index (κ2) is 7.01. The minimum absolute atomic E-state index is 0.0679. The lowest BCUT2D eigenvalue weighted by Crippen LogP contribution is -2.13. The van der Waals surface area contributed by atoms with Crippen LogP contribution in [0.2, 0.25) is 0 Å². The smallest absolute Gasteiger partial charge is 0.321 e. The Morgan fingerprint density at radius 3 is 2.39 bits per heavy atom. The second-order valence-electron chi connectivity index (χ2n) is 3.86. The summed E-state index contributed by atoms with van der Waals surface area (Å²) in [6, 6.07) is 6.70. The van der Waals surface area contributed by atoms with E-state index < -0.39 is 12.1 Å². The maximum atomic E-state index is 11.0. The van der Waals surface area contributed by atoms with Gasteiger partial charge in [-0.1, -0.05) is 12.1 Å². The summed E-state index contributed by atoms with van der Waals surface area (Å²) in [7, 11) is 0. The van der Waals surface area contributed by atoms with E-state index in [0.717, 1.165) is 0 Å². The first-order valence-corrected chi connectivity index (χ1v) is 6.00. The first-order valence-electron chi connectivity index (χ1n) is 5.46. The highest BCUT2D eigenvalue weighted by atomic mass is 35.5. The molecule has 1 aromatic carbocycles. The van der Waals surface area contributed by atoms with Crippen molar-refractivity contribution in [2.75, 3.05) is 5.88 Å². The van der Waals surface area contributed by atoms with Crippen LogP contribution in [-0.2, 0) is 14.3 Å². The van der Waals surface area contributed by atoms with Crippen molar-refractivity contribution in [3.8, 4) is 5.75 Å². The molecule has 1 unspecified atom stereocenters. The van der Waals surface area contributed by atoms with Crippen LogP contribution in [0.5, 0.6) is 5.75 Å². The molecule has 0 aliphatic heterocycles. The minimum atomic E-state index is -1.05. The Hall–Kier alpha value is -1.55. The predicted octanol–water partition coefficient (Wildman–Crippen LogP) is 2.41. The third-order valence-electron chi connectivity index (χ3n) is 2.02. The zero-order valence-corrected chi connectivity index (χ0v) is 10.9. The standard InChI is InChI=1S/C13H14ClO4/c1-9(2)17-11-5-3-10(4-6-11)12(8-15)18-13(16)7-14/h3-6,9,12H,7H2,1-2H3. The quantitative estimate of drug-likeness (QED) is 0.588. The summed E-state index contributed by atoms with van der Waals surface area (Å²) in [4.78, 5) is 21.8.